The summed E-state index contributed by atoms with van der Waals surface area (Å²) in [5.41, 5.74) is 4.50. The van der Waals surface area contributed by atoms with E-state index >= 15 is 0 Å². The van der Waals surface area contributed by atoms with Crippen molar-refractivity contribution in [3.05, 3.63) is 78.1 Å². The van der Waals surface area contributed by atoms with E-state index in [4.69, 9.17) is 0 Å². The van der Waals surface area contributed by atoms with Gasteiger partial charge in [-0.2, -0.15) is 10.1 Å². The molecule has 2 heterocycles. The van der Waals surface area contributed by atoms with Gasteiger partial charge in [-0.05, 0) is 62.2 Å². The molecule has 4 aromatic rings. The van der Waals surface area contributed by atoms with Crippen molar-refractivity contribution in [3.8, 4) is 0 Å². The topological polar surface area (TPSA) is 120 Å². The van der Waals surface area contributed by atoms with Crippen molar-refractivity contribution >= 4 is 40.7 Å². The van der Waals surface area contributed by atoms with Gasteiger partial charge in [0.2, 0.25) is 5.95 Å². The molecule has 5 rings (SSSR count). The highest BCUT2D eigenvalue weighted by molar-refractivity contribution is 5.99. The molecule has 0 bridgehead atoms. The largest absolute Gasteiger partial charge is 0.324 e. The zero-order valence-corrected chi connectivity index (χ0v) is 18.1. The fourth-order valence-corrected chi connectivity index (χ4v) is 3.32. The molecule has 9 nitrogen and oxygen atoms in total. The molecule has 1 fully saturated rings. The zero-order chi connectivity index (χ0) is 22.6. The fourth-order valence-electron chi connectivity index (χ4n) is 3.32. The van der Waals surface area contributed by atoms with Crippen LogP contribution >= 0.6 is 0 Å². The van der Waals surface area contributed by atoms with E-state index in [9.17, 15) is 4.79 Å². The Labute approximate surface area is 191 Å². The highest BCUT2D eigenvalue weighted by Crippen LogP contribution is 2.39. The molecule has 2 aromatic carbocycles. The summed E-state index contributed by atoms with van der Waals surface area (Å²) < 4.78 is 0. The van der Waals surface area contributed by atoms with Crippen LogP contribution in [-0.4, -0.2) is 26.2 Å². The predicted molar refractivity (Wildman–Crippen MR) is 129 cm³/mol. The monoisotopic (exact) mass is 440 g/mol. The maximum atomic E-state index is 12.2. The van der Waals surface area contributed by atoms with E-state index in [0.717, 1.165) is 28.5 Å². The van der Waals surface area contributed by atoms with Crippen LogP contribution in [-0.2, 0) is 0 Å². The summed E-state index contributed by atoms with van der Waals surface area (Å²) in [6.07, 6.45) is 4.11. The summed E-state index contributed by atoms with van der Waals surface area (Å²) in [6.45, 7) is 2.00. The fraction of sp³-hybridized carbons (Fsp3) is 0.167. The molecule has 5 N–H and O–H groups in total. The Kier molecular flexibility index (Phi) is 5.59. The first-order valence-corrected chi connectivity index (χ1v) is 10.8. The van der Waals surface area contributed by atoms with Gasteiger partial charge in [-0.1, -0.05) is 17.7 Å². The van der Waals surface area contributed by atoms with Crippen molar-refractivity contribution in [1.29, 1.82) is 0 Å². The van der Waals surface area contributed by atoms with Crippen molar-refractivity contribution in [3.63, 3.8) is 0 Å². The lowest BCUT2D eigenvalue weighted by Crippen LogP contribution is -2.19. The number of aromatic amines is 1. The average molecular weight is 441 g/mol. The van der Waals surface area contributed by atoms with Crippen molar-refractivity contribution in [2.24, 2.45) is 0 Å². The lowest BCUT2D eigenvalue weighted by atomic mass is 10.2. The Morgan fingerprint density at radius 2 is 1.55 bits per heavy atom. The van der Waals surface area contributed by atoms with Crippen LogP contribution in [0.25, 0.3) is 0 Å². The quantitative estimate of drug-likeness (QED) is 0.258. The van der Waals surface area contributed by atoms with Crippen LogP contribution in [0.2, 0.25) is 0 Å². The maximum Gasteiger partial charge on any atom is 0.323 e. The van der Waals surface area contributed by atoms with Gasteiger partial charge in [0.05, 0.1) is 0 Å². The molecule has 0 atom stereocenters. The van der Waals surface area contributed by atoms with Gasteiger partial charge in [-0.3, -0.25) is 5.10 Å². The summed E-state index contributed by atoms with van der Waals surface area (Å²) in [7, 11) is 0. The number of H-pyrrole nitrogens is 1. The number of rotatable bonds is 7. The summed E-state index contributed by atoms with van der Waals surface area (Å²) in [5, 5.41) is 19.4. The van der Waals surface area contributed by atoms with Crippen LogP contribution in [0.15, 0.2) is 66.9 Å². The molecule has 0 spiro atoms. The van der Waals surface area contributed by atoms with E-state index in [2.05, 4.69) is 41.4 Å². The molecule has 166 valence electrons. The molecule has 0 unspecified atom stereocenters. The third-order valence-corrected chi connectivity index (χ3v) is 5.23. The molecule has 1 aliphatic rings. The van der Waals surface area contributed by atoms with Crippen LogP contribution in [0.1, 0.15) is 30.0 Å². The molecule has 33 heavy (non-hydrogen) atoms. The van der Waals surface area contributed by atoms with Gasteiger partial charge in [-0.25, -0.2) is 9.78 Å². The lowest BCUT2D eigenvalue weighted by Gasteiger charge is -2.10. The van der Waals surface area contributed by atoms with Crippen molar-refractivity contribution in [1.82, 2.24) is 20.2 Å². The molecule has 0 aliphatic heterocycles. The smallest absolute Gasteiger partial charge is 0.323 e. The zero-order valence-electron chi connectivity index (χ0n) is 18.1. The van der Waals surface area contributed by atoms with Gasteiger partial charge >= 0.3 is 6.03 Å². The standard InChI is InChI=1S/C24H24N8O/c1-15-2-6-18(7-3-15)27-24(33)28-19-10-8-17(9-11-19)26-23-25-13-12-21(30-23)29-22-14-20(31-32-22)16-4-5-16/h2-3,6-14,16H,4-5H2,1H3,(H2,27,28,33)(H3,25,26,29,30,31,32). The van der Waals surface area contributed by atoms with Gasteiger partial charge in [0.25, 0.3) is 0 Å². The second-order valence-electron chi connectivity index (χ2n) is 8.02. The second-order valence-corrected chi connectivity index (χ2v) is 8.02. The number of urea groups is 1. The number of hydrogen-bond donors (Lipinski definition) is 5. The van der Waals surface area contributed by atoms with E-state index in [1.54, 1.807) is 12.3 Å². The normalized spacial score (nSPS) is 12.8. The van der Waals surface area contributed by atoms with Crippen molar-refractivity contribution in [2.45, 2.75) is 25.7 Å². The highest BCUT2D eigenvalue weighted by atomic mass is 16.2. The van der Waals surface area contributed by atoms with Crippen LogP contribution in [0, 0.1) is 6.92 Å². The van der Waals surface area contributed by atoms with Crippen LogP contribution in [0.4, 0.5) is 39.4 Å². The molecule has 2 amide bonds. The molecule has 0 radical (unpaired) electrons. The number of benzene rings is 2. The van der Waals surface area contributed by atoms with Gasteiger partial charge in [0.15, 0.2) is 5.82 Å². The lowest BCUT2D eigenvalue weighted by molar-refractivity contribution is 0.262. The first kappa shape index (κ1) is 20.5. The predicted octanol–water partition coefficient (Wildman–Crippen LogP) is 5.52. The van der Waals surface area contributed by atoms with Crippen LogP contribution in [0.5, 0.6) is 0 Å². The molecular formula is C24H24N8O. The number of amides is 2. The average Bonchev–Trinajstić information content (AvgIpc) is 3.56. The third kappa shape index (κ3) is 5.45. The van der Waals surface area contributed by atoms with Gasteiger partial charge in [-0.15, -0.1) is 0 Å². The number of carbonyl (C=O) groups is 1. The minimum Gasteiger partial charge on any atom is -0.324 e. The number of aromatic nitrogens is 4. The van der Waals surface area contributed by atoms with Gasteiger partial charge in [0.1, 0.15) is 5.82 Å². The molecule has 1 saturated carbocycles. The van der Waals surface area contributed by atoms with E-state index < -0.39 is 0 Å². The third-order valence-electron chi connectivity index (χ3n) is 5.23. The number of aryl methyl sites for hydroxylation is 1. The first-order chi connectivity index (χ1) is 16.1. The SMILES string of the molecule is Cc1ccc(NC(=O)Nc2ccc(Nc3nccc(Nc4cc(C5CC5)[nH]n4)n3)cc2)cc1. The van der Waals surface area contributed by atoms with Crippen LogP contribution < -0.4 is 21.3 Å². The number of anilines is 6. The van der Waals surface area contributed by atoms with Gasteiger partial charge in [0, 0.05) is 40.9 Å². The number of hydrogen-bond acceptors (Lipinski definition) is 6. The molecule has 1 aliphatic carbocycles. The van der Waals surface area contributed by atoms with Crippen molar-refractivity contribution in [2.75, 3.05) is 21.3 Å². The minimum absolute atomic E-state index is 0.301. The van der Waals surface area contributed by atoms with E-state index in [1.807, 2.05) is 61.5 Å². The molecule has 2 aromatic heterocycles. The van der Waals surface area contributed by atoms with Crippen molar-refractivity contribution < 1.29 is 4.79 Å². The number of nitrogens with zero attached hydrogens (tertiary/aromatic N) is 3. The van der Waals surface area contributed by atoms with Gasteiger partial charge < -0.3 is 21.3 Å². The Balaban J connectivity index is 1.17. The summed E-state index contributed by atoms with van der Waals surface area (Å²) >= 11 is 0. The highest BCUT2D eigenvalue weighted by Gasteiger charge is 2.25. The van der Waals surface area contributed by atoms with E-state index in [1.165, 1.54) is 12.8 Å². The summed E-state index contributed by atoms with van der Waals surface area (Å²) in [4.78, 5) is 21.0. The summed E-state index contributed by atoms with van der Waals surface area (Å²) in [6, 6.07) is 18.4. The number of nitrogens with one attached hydrogen (secondary N) is 5. The molecule has 9 heteroatoms. The minimum atomic E-state index is -0.301. The first-order valence-electron chi connectivity index (χ1n) is 10.8. The molecular weight excluding hydrogens is 416 g/mol. The Hall–Kier alpha value is -4.40. The second kappa shape index (κ2) is 8.99. The molecule has 0 saturated heterocycles. The Bertz CT molecular complexity index is 1250. The Morgan fingerprint density at radius 3 is 2.24 bits per heavy atom. The Morgan fingerprint density at radius 1 is 0.879 bits per heavy atom. The number of carbonyl (C=O) groups excluding carboxylic acids is 1. The summed E-state index contributed by atoms with van der Waals surface area (Å²) in [5.74, 6) is 2.45. The van der Waals surface area contributed by atoms with E-state index in [-0.39, 0.29) is 6.03 Å². The van der Waals surface area contributed by atoms with E-state index in [0.29, 0.717) is 23.4 Å². The maximum absolute atomic E-state index is 12.2. The van der Waals surface area contributed by atoms with Crippen LogP contribution in [0.3, 0.4) is 0 Å².